The van der Waals surface area contributed by atoms with Crippen molar-refractivity contribution in [3.05, 3.63) is 35.9 Å². The van der Waals surface area contributed by atoms with E-state index < -0.39 is 0 Å². The molecule has 98 valence electrons. The second-order valence-corrected chi connectivity index (χ2v) is 4.62. The van der Waals surface area contributed by atoms with Crippen molar-refractivity contribution in [1.29, 1.82) is 0 Å². The molecule has 0 spiro atoms. The van der Waals surface area contributed by atoms with Gasteiger partial charge in [-0.05, 0) is 5.56 Å². The Bertz CT molecular complexity index is 402. The Morgan fingerprint density at radius 1 is 1.22 bits per heavy atom. The minimum atomic E-state index is -0.385. The number of nitrogens with zero attached hydrogens (tertiary/aromatic N) is 1. The molecule has 0 bridgehead atoms. The van der Waals surface area contributed by atoms with Gasteiger partial charge in [0.25, 0.3) is 0 Å². The number of carbonyl (C=O) groups is 2. The standard InChI is InChI=1S/C14H20N2O2/c1-11(2)14(18)16(9-8-13(15)17)10-12-6-4-3-5-7-12/h3-7,11H,8-10H2,1-2H3,(H2,15,17). The first-order valence-electron chi connectivity index (χ1n) is 6.11. The number of amides is 2. The first-order chi connectivity index (χ1) is 8.50. The van der Waals surface area contributed by atoms with E-state index in [-0.39, 0.29) is 24.2 Å². The minimum absolute atomic E-state index is 0.0418. The van der Waals surface area contributed by atoms with E-state index in [1.54, 1.807) is 4.90 Å². The Labute approximate surface area is 108 Å². The maximum atomic E-state index is 12.0. The van der Waals surface area contributed by atoms with Gasteiger partial charge in [0.15, 0.2) is 0 Å². The van der Waals surface area contributed by atoms with Crippen molar-refractivity contribution >= 4 is 11.8 Å². The molecule has 0 saturated carbocycles. The minimum Gasteiger partial charge on any atom is -0.370 e. The van der Waals surface area contributed by atoms with Crippen LogP contribution in [-0.4, -0.2) is 23.3 Å². The molecular weight excluding hydrogens is 228 g/mol. The first kappa shape index (κ1) is 14.2. The Morgan fingerprint density at radius 2 is 1.83 bits per heavy atom. The highest BCUT2D eigenvalue weighted by Gasteiger charge is 2.17. The van der Waals surface area contributed by atoms with Crippen molar-refractivity contribution < 1.29 is 9.59 Å². The lowest BCUT2D eigenvalue weighted by Crippen LogP contribution is -2.36. The van der Waals surface area contributed by atoms with Crippen molar-refractivity contribution in [2.45, 2.75) is 26.8 Å². The topological polar surface area (TPSA) is 63.4 Å². The largest absolute Gasteiger partial charge is 0.370 e. The first-order valence-corrected chi connectivity index (χ1v) is 6.11. The SMILES string of the molecule is CC(C)C(=O)N(CCC(N)=O)Cc1ccccc1. The predicted octanol–water partition coefficient (Wildman–Crippen LogP) is 1.55. The average molecular weight is 248 g/mol. The third-order valence-electron chi connectivity index (χ3n) is 2.65. The lowest BCUT2D eigenvalue weighted by molar-refractivity contribution is -0.135. The smallest absolute Gasteiger partial charge is 0.225 e. The van der Waals surface area contributed by atoms with Crippen molar-refractivity contribution in [3.63, 3.8) is 0 Å². The molecule has 4 heteroatoms. The van der Waals surface area contributed by atoms with Gasteiger partial charge >= 0.3 is 0 Å². The quantitative estimate of drug-likeness (QED) is 0.830. The second-order valence-electron chi connectivity index (χ2n) is 4.62. The highest BCUT2D eigenvalue weighted by molar-refractivity contribution is 5.79. The number of primary amides is 1. The summed E-state index contributed by atoms with van der Waals surface area (Å²) in [6, 6.07) is 9.72. The van der Waals surface area contributed by atoms with E-state index in [1.165, 1.54) is 0 Å². The van der Waals surface area contributed by atoms with Gasteiger partial charge in [-0.25, -0.2) is 0 Å². The lowest BCUT2D eigenvalue weighted by atomic mass is 10.1. The summed E-state index contributed by atoms with van der Waals surface area (Å²) < 4.78 is 0. The maximum absolute atomic E-state index is 12.0. The van der Waals surface area contributed by atoms with Gasteiger partial charge in [0.05, 0.1) is 0 Å². The van der Waals surface area contributed by atoms with Crippen LogP contribution in [0.2, 0.25) is 0 Å². The van der Waals surface area contributed by atoms with E-state index in [9.17, 15) is 9.59 Å². The zero-order valence-corrected chi connectivity index (χ0v) is 10.9. The molecule has 0 fully saturated rings. The average Bonchev–Trinajstić information content (AvgIpc) is 2.34. The molecule has 18 heavy (non-hydrogen) atoms. The van der Waals surface area contributed by atoms with E-state index in [0.29, 0.717) is 13.1 Å². The Balaban J connectivity index is 2.71. The molecule has 2 amide bonds. The number of benzene rings is 1. The van der Waals surface area contributed by atoms with Gasteiger partial charge in [-0.2, -0.15) is 0 Å². The van der Waals surface area contributed by atoms with Crippen LogP contribution >= 0.6 is 0 Å². The van der Waals surface area contributed by atoms with Crippen molar-refractivity contribution in [1.82, 2.24) is 4.90 Å². The zero-order chi connectivity index (χ0) is 13.5. The van der Waals surface area contributed by atoms with Crippen molar-refractivity contribution in [2.75, 3.05) is 6.54 Å². The number of carbonyl (C=O) groups excluding carboxylic acids is 2. The summed E-state index contributed by atoms with van der Waals surface area (Å²) in [4.78, 5) is 24.6. The third kappa shape index (κ3) is 4.57. The van der Waals surface area contributed by atoms with Gasteiger partial charge < -0.3 is 10.6 Å². The van der Waals surface area contributed by atoms with Gasteiger partial charge in [-0.15, -0.1) is 0 Å². The lowest BCUT2D eigenvalue weighted by Gasteiger charge is -2.24. The maximum Gasteiger partial charge on any atom is 0.225 e. The van der Waals surface area contributed by atoms with Crippen LogP contribution in [0.3, 0.4) is 0 Å². The molecule has 0 heterocycles. The molecule has 4 nitrogen and oxygen atoms in total. The zero-order valence-electron chi connectivity index (χ0n) is 10.9. The Kier molecular flexibility index (Phi) is 5.36. The van der Waals surface area contributed by atoms with Crippen LogP contribution in [0.4, 0.5) is 0 Å². The number of hydrogen-bond donors (Lipinski definition) is 1. The van der Waals surface area contributed by atoms with Gasteiger partial charge in [0.1, 0.15) is 0 Å². The molecule has 1 aromatic rings. The fraction of sp³-hybridized carbons (Fsp3) is 0.429. The Hall–Kier alpha value is -1.84. The highest BCUT2D eigenvalue weighted by Crippen LogP contribution is 2.09. The molecular formula is C14H20N2O2. The molecule has 0 aliphatic carbocycles. The van der Waals surface area contributed by atoms with Crippen LogP contribution in [0, 0.1) is 5.92 Å². The van der Waals surface area contributed by atoms with Crippen LogP contribution in [0.15, 0.2) is 30.3 Å². The fourth-order valence-electron chi connectivity index (χ4n) is 1.68. The molecule has 0 aliphatic heterocycles. The second kappa shape index (κ2) is 6.79. The van der Waals surface area contributed by atoms with Gasteiger partial charge in [-0.1, -0.05) is 44.2 Å². The summed E-state index contributed by atoms with van der Waals surface area (Å²) in [6.07, 6.45) is 0.200. The van der Waals surface area contributed by atoms with Crippen LogP contribution in [-0.2, 0) is 16.1 Å². The van der Waals surface area contributed by atoms with E-state index in [1.807, 2.05) is 44.2 Å². The molecule has 0 unspecified atom stereocenters. The van der Waals surface area contributed by atoms with Crippen LogP contribution in [0.1, 0.15) is 25.8 Å². The van der Waals surface area contributed by atoms with Crippen LogP contribution in [0.5, 0.6) is 0 Å². The monoisotopic (exact) mass is 248 g/mol. The van der Waals surface area contributed by atoms with E-state index in [2.05, 4.69) is 0 Å². The molecule has 0 radical (unpaired) electrons. The Morgan fingerprint density at radius 3 is 2.33 bits per heavy atom. The predicted molar refractivity (Wildman–Crippen MR) is 70.5 cm³/mol. The summed E-state index contributed by atoms with van der Waals surface area (Å²) in [7, 11) is 0. The summed E-state index contributed by atoms with van der Waals surface area (Å²) in [6.45, 7) is 4.60. The summed E-state index contributed by atoms with van der Waals surface area (Å²) in [5.74, 6) is -0.425. The van der Waals surface area contributed by atoms with Gasteiger partial charge in [0.2, 0.25) is 11.8 Å². The molecule has 1 rings (SSSR count). The molecule has 0 aliphatic rings. The molecule has 2 N–H and O–H groups in total. The van der Waals surface area contributed by atoms with Gasteiger partial charge in [-0.3, -0.25) is 9.59 Å². The summed E-state index contributed by atoms with van der Waals surface area (Å²) in [5, 5.41) is 0. The van der Waals surface area contributed by atoms with E-state index in [0.717, 1.165) is 5.56 Å². The van der Waals surface area contributed by atoms with Gasteiger partial charge in [0, 0.05) is 25.4 Å². The molecule has 0 saturated heterocycles. The number of rotatable bonds is 6. The number of nitrogens with two attached hydrogens (primary N) is 1. The molecule has 1 aromatic carbocycles. The third-order valence-corrected chi connectivity index (χ3v) is 2.65. The van der Waals surface area contributed by atoms with E-state index in [4.69, 9.17) is 5.73 Å². The van der Waals surface area contributed by atoms with Crippen LogP contribution in [0.25, 0.3) is 0 Å². The summed E-state index contributed by atoms with van der Waals surface area (Å²) in [5.41, 5.74) is 6.19. The fourth-order valence-corrected chi connectivity index (χ4v) is 1.68. The molecule has 0 aromatic heterocycles. The van der Waals surface area contributed by atoms with E-state index >= 15 is 0 Å². The highest BCUT2D eigenvalue weighted by atomic mass is 16.2. The molecule has 0 atom stereocenters. The number of hydrogen-bond acceptors (Lipinski definition) is 2. The normalized spacial score (nSPS) is 10.4. The van der Waals surface area contributed by atoms with Crippen molar-refractivity contribution in [2.24, 2.45) is 11.7 Å². The van der Waals surface area contributed by atoms with Crippen LogP contribution < -0.4 is 5.73 Å². The summed E-state index contributed by atoms with van der Waals surface area (Å²) >= 11 is 0. The van der Waals surface area contributed by atoms with Crippen molar-refractivity contribution in [3.8, 4) is 0 Å².